The topological polar surface area (TPSA) is 77.0 Å². The molecule has 1 saturated heterocycles. The van der Waals surface area contributed by atoms with Crippen molar-refractivity contribution >= 4 is 35.2 Å². The molecule has 8 heteroatoms. The Kier molecular flexibility index (Phi) is 5.54. The predicted molar refractivity (Wildman–Crippen MR) is 112 cm³/mol. The SMILES string of the molecule is NC(=O)C(Sc1nnc(N2CCCC2)n1-c1cccc(Cl)c1)c1ccccc1. The Morgan fingerprint density at radius 2 is 1.82 bits per heavy atom. The summed E-state index contributed by atoms with van der Waals surface area (Å²) >= 11 is 7.53. The molecule has 28 heavy (non-hydrogen) atoms. The molecule has 0 aliphatic carbocycles. The predicted octanol–water partition coefficient (Wildman–Crippen LogP) is 3.84. The van der Waals surface area contributed by atoms with Crippen LogP contribution in [0.2, 0.25) is 5.02 Å². The number of aromatic nitrogens is 3. The van der Waals surface area contributed by atoms with Crippen molar-refractivity contribution in [3.63, 3.8) is 0 Å². The largest absolute Gasteiger partial charge is 0.368 e. The Morgan fingerprint density at radius 1 is 1.07 bits per heavy atom. The third-order valence-electron chi connectivity index (χ3n) is 4.66. The molecule has 4 rings (SSSR count). The van der Waals surface area contributed by atoms with E-state index in [0.717, 1.165) is 43.1 Å². The number of rotatable bonds is 6. The number of carbonyl (C=O) groups is 1. The second kappa shape index (κ2) is 8.24. The summed E-state index contributed by atoms with van der Waals surface area (Å²) < 4.78 is 1.96. The van der Waals surface area contributed by atoms with Gasteiger partial charge in [-0.25, -0.2) is 0 Å². The molecule has 0 spiro atoms. The molecule has 1 aliphatic heterocycles. The monoisotopic (exact) mass is 413 g/mol. The number of hydrogen-bond donors (Lipinski definition) is 1. The molecular weight excluding hydrogens is 394 g/mol. The van der Waals surface area contributed by atoms with Crippen molar-refractivity contribution in [2.45, 2.75) is 23.2 Å². The number of carbonyl (C=O) groups excluding carboxylic acids is 1. The molecule has 1 atom stereocenters. The highest BCUT2D eigenvalue weighted by Gasteiger charge is 2.27. The minimum atomic E-state index is -0.560. The number of nitrogens with zero attached hydrogens (tertiary/aromatic N) is 4. The standard InChI is InChI=1S/C20H20ClN5OS/c21-15-9-6-10-16(13-15)26-19(25-11-4-5-12-25)23-24-20(26)28-17(18(22)27)14-7-2-1-3-8-14/h1-3,6-10,13,17H,4-5,11-12H2,(H2,22,27). The summed E-state index contributed by atoms with van der Waals surface area (Å²) in [5.74, 6) is 0.345. The lowest BCUT2D eigenvalue weighted by Gasteiger charge is -2.19. The van der Waals surface area contributed by atoms with Gasteiger partial charge < -0.3 is 10.6 Å². The van der Waals surface area contributed by atoms with Gasteiger partial charge in [-0.2, -0.15) is 0 Å². The maximum Gasteiger partial charge on any atom is 0.235 e. The second-order valence-electron chi connectivity index (χ2n) is 6.60. The van der Waals surface area contributed by atoms with Crippen LogP contribution in [-0.4, -0.2) is 33.8 Å². The van der Waals surface area contributed by atoms with Gasteiger partial charge in [0.1, 0.15) is 5.25 Å². The van der Waals surface area contributed by atoms with Crippen molar-refractivity contribution in [2.24, 2.45) is 5.73 Å². The van der Waals surface area contributed by atoms with Crippen LogP contribution < -0.4 is 10.6 Å². The summed E-state index contributed by atoms with van der Waals surface area (Å²) in [6, 6.07) is 17.0. The van der Waals surface area contributed by atoms with Crippen LogP contribution in [0.3, 0.4) is 0 Å². The highest BCUT2D eigenvalue weighted by Crippen LogP contribution is 2.37. The molecule has 1 amide bonds. The molecule has 1 unspecified atom stereocenters. The van der Waals surface area contributed by atoms with Gasteiger partial charge in [-0.05, 0) is 36.6 Å². The van der Waals surface area contributed by atoms with Crippen LogP contribution in [-0.2, 0) is 4.79 Å². The maximum atomic E-state index is 12.2. The summed E-state index contributed by atoms with van der Waals surface area (Å²) in [6.45, 7) is 1.86. The first-order chi connectivity index (χ1) is 13.6. The fourth-order valence-corrected chi connectivity index (χ4v) is 4.51. The minimum absolute atomic E-state index is 0.417. The van der Waals surface area contributed by atoms with Gasteiger partial charge in [-0.1, -0.05) is 59.8 Å². The zero-order chi connectivity index (χ0) is 19.5. The zero-order valence-corrected chi connectivity index (χ0v) is 16.7. The van der Waals surface area contributed by atoms with E-state index in [1.165, 1.54) is 11.8 Å². The highest BCUT2D eigenvalue weighted by atomic mass is 35.5. The van der Waals surface area contributed by atoms with E-state index in [-0.39, 0.29) is 0 Å². The number of amides is 1. The van der Waals surface area contributed by atoms with E-state index in [1.807, 2.05) is 59.2 Å². The molecule has 1 fully saturated rings. The third-order valence-corrected chi connectivity index (χ3v) is 6.11. The number of nitrogens with two attached hydrogens (primary N) is 1. The fraction of sp³-hybridized carbons (Fsp3) is 0.250. The number of primary amides is 1. The van der Waals surface area contributed by atoms with Crippen molar-refractivity contribution in [3.8, 4) is 5.69 Å². The molecular formula is C20H20ClN5OS. The molecule has 1 aromatic heterocycles. The average molecular weight is 414 g/mol. The van der Waals surface area contributed by atoms with Crippen LogP contribution in [0.15, 0.2) is 59.8 Å². The minimum Gasteiger partial charge on any atom is -0.368 e. The van der Waals surface area contributed by atoms with E-state index in [2.05, 4.69) is 15.1 Å². The van der Waals surface area contributed by atoms with Gasteiger partial charge in [0.05, 0.1) is 5.69 Å². The average Bonchev–Trinajstić information content (AvgIpc) is 3.36. The fourth-order valence-electron chi connectivity index (χ4n) is 3.33. The zero-order valence-electron chi connectivity index (χ0n) is 15.2. The summed E-state index contributed by atoms with van der Waals surface area (Å²) in [5, 5.41) is 9.51. The van der Waals surface area contributed by atoms with Crippen LogP contribution in [0, 0.1) is 0 Å². The van der Waals surface area contributed by atoms with Crippen molar-refractivity contribution in [2.75, 3.05) is 18.0 Å². The van der Waals surface area contributed by atoms with Crippen molar-refractivity contribution < 1.29 is 4.79 Å². The Morgan fingerprint density at radius 3 is 2.50 bits per heavy atom. The molecule has 0 saturated carbocycles. The quantitative estimate of drug-likeness (QED) is 0.621. The molecule has 2 heterocycles. The van der Waals surface area contributed by atoms with Crippen LogP contribution in [0.5, 0.6) is 0 Å². The number of hydrogen-bond acceptors (Lipinski definition) is 5. The van der Waals surface area contributed by atoms with Crippen LogP contribution in [0.1, 0.15) is 23.7 Å². The second-order valence-corrected chi connectivity index (χ2v) is 8.11. The van der Waals surface area contributed by atoms with Gasteiger partial charge in [-0.15, -0.1) is 10.2 Å². The van der Waals surface area contributed by atoms with Gasteiger partial charge in [-0.3, -0.25) is 9.36 Å². The molecule has 144 valence electrons. The molecule has 6 nitrogen and oxygen atoms in total. The van der Waals surface area contributed by atoms with E-state index >= 15 is 0 Å². The molecule has 0 radical (unpaired) electrons. The van der Waals surface area contributed by atoms with Crippen molar-refractivity contribution in [1.29, 1.82) is 0 Å². The third kappa shape index (κ3) is 3.86. The number of halogens is 1. The van der Waals surface area contributed by atoms with Crippen LogP contribution >= 0.6 is 23.4 Å². The van der Waals surface area contributed by atoms with Crippen LogP contribution in [0.4, 0.5) is 5.95 Å². The maximum absolute atomic E-state index is 12.2. The normalized spacial score (nSPS) is 15.0. The van der Waals surface area contributed by atoms with E-state index < -0.39 is 11.2 Å². The summed E-state index contributed by atoms with van der Waals surface area (Å²) in [4.78, 5) is 14.4. The first-order valence-corrected chi connectivity index (χ1v) is 10.4. The lowest BCUT2D eigenvalue weighted by molar-refractivity contribution is -0.117. The smallest absolute Gasteiger partial charge is 0.235 e. The van der Waals surface area contributed by atoms with Gasteiger partial charge in [0, 0.05) is 18.1 Å². The van der Waals surface area contributed by atoms with Gasteiger partial charge in [0.2, 0.25) is 11.9 Å². The van der Waals surface area contributed by atoms with Crippen molar-refractivity contribution in [3.05, 3.63) is 65.2 Å². The number of benzene rings is 2. The van der Waals surface area contributed by atoms with Gasteiger partial charge in [0.15, 0.2) is 5.16 Å². The van der Waals surface area contributed by atoms with E-state index in [9.17, 15) is 4.79 Å². The summed E-state index contributed by atoms with van der Waals surface area (Å²) in [7, 11) is 0. The van der Waals surface area contributed by atoms with E-state index in [0.29, 0.717) is 10.2 Å². The summed E-state index contributed by atoms with van der Waals surface area (Å²) in [6.07, 6.45) is 2.25. The molecule has 2 N–H and O–H groups in total. The molecule has 1 aliphatic rings. The van der Waals surface area contributed by atoms with Crippen molar-refractivity contribution in [1.82, 2.24) is 14.8 Å². The van der Waals surface area contributed by atoms with Gasteiger partial charge in [0.25, 0.3) is 0 Å². The molecule has 2 aromatic carbocycles. The Balaban J connectivity index is 1.77. The first kappa shape index (κ1) is 18.8. The van der Waals surface area contributed by atoms with Gasteiger partial charge >= 0.3 is 0 Å². The van der Waals surface area contributed by atoms with E-state index in [1.54, 1.807) is 0 Å². The highest BCUT2D eigenvalue weighted by molar-refractivity contribution is 8.00. The Labute approximate surface area is 172 Å². The number of anilines is 1. The molecule has 0 bridgehead atoms. The van der Waals surface area contributed by atoms with Crippen LogP contribution in [0.25, 0.3) is 5.69 Å². The summed E-state index contributed by atoms with van der Waals surface area (Å²) in [5.41, 5.74) is 7.41. The Hall–Kier alpha value is -2.51. The lowest BCUT2D eigenvalue weighted by Crippen LogP contribution is -2.22. The lowest BCUT2D eigenvalue weighted by atomic mass is 10.1. The molecule has 3 aromatic rings. The first-order valence-electron chi connectivity index (χ1n) is 9.11. The Bertz CT molecular complexity index is 972. The van der Waals surface area contributed by atoms with E-state index in [4.69, 9.17) is 17.3 Å². The number of thioether (sulfide) groups is 1.